The van der Waals surface area contributed by atoms with Crippen LogP contribution in [0.3, 0.4) is 0 Å². The Balaban J connectivity index is 1.89. The Morgan fingerprint density at radius 1 is 1.50 bits per heavy atom. The molecule has 0 amide bonds. The van der Waals surface area contributed by atoms with Crippen molar-refractivity contribution in [3.63, 3.8) is 0 Å². The van der Waals surface area contributed by atoms with Crippen LogP contribution in [-0.4, -0.2) is 12.1 Å². The largest absolute Gasteiger partial charge is 0.493 e. The van der Waals surface area contributed by atoms with Gasteiger partial charge in [-0.15, -0.1) is 0 Å². The number of halogens is 1. The molecule has 0 saturated heterocycles. The van der Waals surface area contributed by atoms with Crippen LogP contribution in [0.15, 0.2) is 12.1 Å². The lowest BCUT2D eigenvalue weighted by Crippen LogP contribution is -2.39. The summed E-state index contributed by atoms with van der Waals surface area (Å²) in [6.45, 7) is 3.06. The highest BCUT2D eigenvalue weighted by atomic mass is 35.5. The van der Waals surface area contributed by atoms with Crippen molar-refractivity contribution < 1.29 is 4.74 Å². The molecule has 1 aromatic carbocycles. The van der Waals surface area contributed by atoms with Gasteiger partial charge >= 0.3 is 0 Å². The molecule has 1 saturated carbocycles. The predicted octanol–water partition coefficient (Wildman–Crippen LogP) is 3.33. The molecule has 0 spiro atoms. The smallest absolute Gasteiger partial charge is 0.125 e. The first-order valence-electron chi connectivity index (χ1n) is 6.79. The fraction of sp³-hybridized carbons (Fsp3) is 0.600. The first kappa shape index (κ1) is 12.3. The molecular formula is C15H20ClNO. The average molecular weight is 266 g/mol. The molecule has 3 rings (SSSR count). The Morgan fingerprint density at radius 2 is 2.33 bits per heavy atom. The van der Waals surface area contributed by atoms with Gasteiger partial charge in [-0.1, -0.05) is 18.5 Å². The average Bonchev–Trinajstić information content (AvgIpc) is 2.85. The van der Waals surface area contributed by atoms with E-state index in [0.29, 0.717) is 0 Å². The molecule has 0 aromatic heterocycles. The summed E-state index contributed by atoms with van der Waals surface area (Å²) in [5, 5.41) is 0.809. The number of rotatable bonds is 2. The van der Waals surface area contributed by atoms with E-state index in [1.807, 2.05) is 12.1 Å². The molecule has 2 N–H and O–H groups in total. The van der Waals surface area contributed by atoms with Gasteiger partial charge in [0.15, 0.2) is 0 Å². The van der Waals surface area contributed by atoms with Gasteiger partial charge in [0.2, 0.25) is 0 Å². The molecular weight excluding hydrogens is 246 g/mol. The normalized spacial score (nSPS) is 30.3. The number of hydrogen-bond acceptors (Lipinski definition) is 2. The van der Waals surface area contributed by atoms with Crippen molar-refractivity contribution in [3.8, 4) is 5.75 Å². The minimum atomic E-state index is -0.0657. The van der Waals surface area contributed by atoms with Crippen molar-refractivity contribution in [2.24, 2.45) is 11.7 Å². The van der Waals surface area contributed by atoms with Crippen molar-refractivity contribution in [1.82, 2.24) is 0 Å². The lowest BCUT2D eigenvalue weighted by atomic mass is 9.88. The molecule has 2 nitrogen and oxygen atoms in total. The van der Waals surface area contributed by atoms with Gasteiger partial charge in [-0.25, -0.2) is 0 Å². The molecule has 1 aliphatic heterocycles. The maximum absolute atomic E-state index is 6.53. The molecule has 2 aliphatic rings. The van der Waals surface area contributed by atoms with Gasteiger partial charge in [0.25, 0.3) is 0 Å². The highest BCUT2D eigenvalue weighted by Gasteiger charge is 2.35. The van der Waals surface area contributed by atoms with Crippen LogP contribution in [0.1, 0.15) is 37.3 Å². The van der Waals surface area contributed by atoms with E-state index in [2.05, 4.69) is 6.92 Å². The molecule has 2 atom stereocenters. The molecule has 3 heteroatoms. The molecule has 1 aliphatic carbocycles. The number of fused-ring (bicyclic) bond motifs is 1. The molecule has 1 fully saturated rings. The monoisotopic (exact) mass is 265 g/mol. The number of nitrogens with two attached hydrogens (primary N) is 1. The SMILES string of the molecule is CC1CCC(N)(Cc2cc(Cl)cc3c2OCC3)C1. The molecule has 1 aromatic rings. The van der Waals surface area contributed by atoms with Crippen LogP contribution >= 0.6 is 11.6 Å². The summed E-state index contributed by atoms with van der Waals surface area (Å²) in [4.78, 5) is 0. The summed E-state index contributed by atoms with van der Waals surface area (Å²) in [6.07, 6.45) is 5.31. The third kappa shape index (κ3) is 2.24. The summed E-state index contributed by atoms with van der Waals surface area (Å²) in [5.74, 6) is 1.78. The first-order valence-corrected chi connectivity index (χ1v) is 7.16. The van der Waals surface area contributed by atoms with E-state index in [0.717, 1.165) is 49.0 Å². The van der Waals surface area contributed by atoms with Gasteiger partial charge in [0.1, 0.15) is 5.75 Å². The third-order valence-electron chi connectivity index (χ3n) is 4.26. The maximum atomic E-state index is 6.53. The highest BCUT2D eigenvalue weighted by Crippen LogP contribution is 2.39. The fourth-order valence-electron chi connectivity index (χ4n) is 3.45. The second kappa shape index (κ2) is 4.43. The molecule has 18 heavy (non-hydrogen) atoms. The zero-order valence-electron chi connectivity index (χ0n) is 10.8. The summed E-state index contributed by atoms with van der Waals surface area (Å²) >= 11 is 6.19. The molecule has 1 heterocycles. The van der Waals surface area contributed by atoms with Crippen LogP contribution < -0.4 is 10.5 Å². The summed E-state index contributed by atoms with van der Waals surface area (Å²) in [7, 11) is 0. The Labute approximate surface area is 113 Å². The van der Waals surface area contributed by atoms with Crippen LogP contribution in [-0.2, 0) is 12.8 Å². The van der Waals surface area contributed by atoms with E-state index in [1.54, 1.807) is 0 Å². The summed E-state index contributed by atoms with van der Waals surface area (Å²) in [5.41, 5.74) is 8.90. The van der Waals surface area contributed by atoms with E-state index in [4.69, 9.17) is 22.1 Å². The van der Waals surface area contributed by atoms with E-state index in [9.17, 15) is 0 Å². The number of benzene rings is 1. The second-order valence-corrected chi connectivity index (χ2v) is 6.48. The van der Waals surface area contributed by atoms with E-state index < -0.39 is 0 Å². The minimum Gasteiger partial charge on any atom is -0.493 e. The molecule has 0 radical (unpaired) electrons. The highest BCUT2D eigenvalue weighted by molar-refractivity contribution is 6.30. The van der Waals surface area contributed by atoms with Crippen molar-refractivity contribution in [1.29, 1.82) is 0 Å². The van der Waals surface area contributed by atoms with Crippen LogP contribution in [0.5, 0.6) is 5.75 Å². The third-order valence-corrected chi connectivity index (χ3v) is 4.48. The van der Waals surface area contributed by atoms with Crippen LogP contribution in [0.2, 0.25) is 5.02 Å². The molecule has 98 valence electrons. The Kier molecular flexibility index (Phi) is 3.03. The maximum Gasteiger partial charge on any atom is 0.125 e. The first-order chi connectivity index (χ1) is 8.56. The fourth-order valence-corrected chi connectivity index (χ4v) is 3.71. The van der Waals surface area contributed by atoms with Crippen molar-refractivity contribution in [3.05, 3.63) is 28.3 Å². The van der Waals surface area contributed by atoms with Gasteiger partial charge < -0.3 is 10.5 Å². The lowest BCUT2D eigenvalue weighted by molar-refractivity contribution is 0.346. The number of ether oxygens (including phenoxy) is 1. The van der Waals surface area contributed by atoms with Crippen LogP contribution in [0.4, 0.5) is 0 Å². The zero-order chi connectivity index (χ0) is 12.8. The predicted molar refractivity (Wildman–Crippen MR) is 74.3 cm³/mol. The Hall–Kier alpha value is -0.730. The van der Waals surface area contributed by atoms with Gasteiger partial charge in [-0.2, -0.15) is 0 Å². The molecule has 2 unspecified atom stereocenters. The van der Waals surface area contributed by atoms with E-state index in [-0.39, 0.29) is 5.54 Å². The minimum absolute atomic E-state index is 0.0657. The van der Waals surface area contributed by atoms with Gasteiger partial charge in [0, 0.05) is 17.0 Å². The van der Waals surface area contributed by atoms with Crippen LogP contribution in [0.25, 0.3) is 0 Å². The quantitative estimate of drug-likeness (QED) is 0.890. The van der Waals surface area contributed by atoms with E-state index in [1.165, 1.54) is 17.5 Å². The van der Waals surface area contributed by atoms with Crippen molar-refractivity contribution in [2.75, 3.05) is 6.61 Å². The topological polar surface area (TPSA) is 35.2 Å². The summed E-state index contributed by atoms with van der Waals surface area (Å²) in [6, 6.07) is 4.05. The lowest BCUT2D eigenvalue weighted by Gasteiger charge is -2.25. The van der Waals surface area contributed by atoms with Gasteiger partial charge in [-0.3, -0.25) is 0 Å². The van der Waals surface area contributed by atoms with Crippen LogP contribution in [0, 0.1) is 5.92 Å². The van der Waals surface area contributed by atoms with Crippen molar-refractivity contribution in [2.45, 2.75) is 44.6 Å². The van der Waals surface area contributed by atoms with E-state index >= 15 is 0 Å². The summed E-state index contributed by atoms with van der Waals surface area (Å²) < 4.78 is 5.75. The standard InChI is InChI=1S/C15H20ClNO/c1-10-2-4-15(17,8-10)9-12-7-13(16)6-11-3-5-18-14(11)12/h6-7,10H,2-5,8-9,17H2,1H3. The molecule has 0 bridgehead atoms. The van der Waals surface area contributed by atoms with Gasteiger partial charge in [-0.05, 0) is 54.9 Å². The number of hydrogen-bond donors (Lipinski definition) is 1. The zero-order valence-corrected chi connectivity index (χ0v) is 11.6. The Bertz CT molecular complexity index is 474. The van der Waals surface area contributed by atoms with Gasteiger partial charge in [0.05, 0.1) is 6.61 Å². The second-order valence-electron chi connectivity index (χ2n) is 6.04. The Morgan fingerprint density at radius 3 is 3.06 bits per heavy atom. The van der Waals surface area contributed by atoms with Crippen molar-refractivity contribution >= 4 is 11.6 Å².